The van der Waals surface area contributed by atoms with Crippen molar-refractivity contribution in [2.75, 3.05) is 38.3 Å². The SMILES string of the molecule is CC.CC.CC1CCc2c(sc3ncnc(Nc4cc(C=N)c(N)cc4OCCCCN)c23)C1.CN(C)C=O. The number of fused-ring (bicyclic) bond motifs is 3. The largest absolute Gasteiger partial charge is 0.491 e. The number of nitrogens with two attached hydrogens (primary N) is 2. The summed E-state index contributed by atoms with van der Waals surface area (Å²) in [6.45, 7) is 11.5. The number of aromatic nitrogens is 2. The second-order valence-corrected chi connectivity index (χ2v) is 10.00. The van der Waals surface area contributed by atoms with Gasteiger partial charge in [-0.3, -0.25) is 4.79 Å². The Bertz CT molecular complexity index is 1160. The third-order valence-electron chi connectivity index (χ3n) is 5.75. The van der Waals surface area contributed by atoms with E-state index in [1.54, 1.807) is 37.8 Å². The topological polar surface area (TPSA) is 143 Å². The molecule has 6 N–H and O–H groups in total. The molecule has 0 aliphatic heterocycles. The van der Waals surface area contributed by atoms with E-state index in [2.05, 4.69) is 22.2 Å². The predicted molar refractivity (Wildman–Crippen MR) is 167 cm³/mol. The molecule has 0 saturated carbocycles. The van der Waals surface area contributed by atoms with Gasteiger partial charge in [-0.15, -0.1) is 11.3 Å². The quantitative estimate of drug-likeness (QED) is 0.109. The number of nitrogen functional groups attached to an aromatic ring is 1. The van der Waals surface area contributed by atoms with Gasteiger partial charge in [-0.2, -0.15) is 0 Å². The lowest BCUT2D eigenvalue weighted by molar-refractivity contribution is -0.115. The molecule has 1 atom stereocenters. The third-order valence-corrected chi connectivity index (χ3v) is 6.91. The molecule has 0 bridgehead atoms. The molecule has 9 nitrogen and oxygen atoms in total. The van der Waals surface area contributed by atoms with E-state index < -0.39 is 0 Å². The van der Waals surface area contributed by atoms with Crippen LogP contribution in [-0.2, 0) is 17.6 Å². The molecule has 2 aromatic heterocycles. The first-order valence-corrected chi connectivity index (χ1v) is 14.6. The van der Waals surface area contributed by atoms with Crippen LogP contribution >= 0.6 is 11.3 Å². The fourth-order valence-electron chi connectivity index (χ4n) is 3.88. The number of nitrogens with zero attached hydrogens (tertiary/aromatic N) is 3. The Morgan fingerprint density at radius 3 is 2.51 bits per heavy atom. The van der Waals surface area contributed by atoms with Crippen molar-refractivity contribution in [3.8, 4) is 5.75 Å². The fourth-order valence-corrected chi connectivity index (χ4v) is 5.23. The van der Waals surface area contributed by atoms with Gasteiger partial charge in [-0.25, -0.2) is 9.97 Å². The fraction of sp³-hybridized carbons (Fsp3) is 0.517. The summed E-state index contributed by atoms with van der Waals surface area (Å²) in [5.74, 6) is 2.13. The van der Waals surface area contributed by atoms with E-state index >= 15 is 0 Å². The molecule has 1 aromatic carbocycles. The first-order chi connectivity index (χ1) is 18.9. The van der Waals surface area contributed by atoms with Crippen molar-refractivity contribution in [1.82, 2.24) is 14.9 Å². The Morgan fingerprint density at radius 1 is 1.21 bits per heavy atom. The molecule has 0 fully saturated rings. The Balaban J connectivity index is 0.000000748. The van der Waals surface area contributed by atoms with Crippen LogP contribution in [0.1, 0.15) is 69.9 Å². The molecule has 4 rings (SSSR count). The standard InChI is InChI=1S/C22H28N6OS.C3H7NO.2C2H6/c1-13-4-5-15-19(8-13)30-22-20(15)21(26-12-27-22)28-17-9-14(11-24)16(25)10-18(17)29-7-3-2-6-23;1-4(2)3-5;2*1-2/h9-13,24H,2-8,23,25H2,1H3,(H,26,27,28);3H,1-2H3;2*1-2H3. The minimum Gasteiger partial charge on any atom is -0.491 e. The summed E-state index contributed by atoms with van der Waals surface area (Å²) in [7, 11) is 3.38. The van der Waals surface area contributed by atoms with Gasteiger partial charge in [0.15, 0.2) is 0 Å². The lowest BCUT2D eigenvalue weighted by Crippen LogP contribution is -2.09. The number of aryl methyl sites for hydroxylation is 1. The third kappa shape index (κ3) is 9.78. The number of hydrogen-bond donors (Lipinski definition) is 4. The van der Waals surface area contributed by atoms with Crippen LogP contribution in [0.2, 0.25) is 0 Å². The smallest absolute Gasteiger partial charge is 0.209 e. The van der Waals surface area contributed by atoms with Crippen LogP contribution in [0, 0.1) is 11.3 Å². The number of thiophene rings is 1. The molecule has 10 heteroatoms. The van der Waals surface area contributed by atoms with Crippen molar-refractivity contribution >= 4 is 51.4 Å². The van der Waals surface area contributed by atoms with E-state index in [9.17, 15) is 4.79 Å². The van der Waals surface area contributed by atoms with E-state index in [0.29, 0.717) is 36.1 Å². The highest BCUT2D eigenvalue weighted by Crippen LogP contribution is 2.41. The molecular formula is C29H47N7O2S. The van der Waals surface area contributed by atoms with Crippen molar-refractivity contribution < 1.29 is 9.53 Å². The highest BCUT2D eigenvalue weighted by molar-refractivity contribution is 7.19. The number of hydrogen-bond acceptors (Lipinski definition) is 9. The van der Waals surface area contributed by atoms with Gasteiger partial charge in [-0.05, 0) is 56.2 Å². The maximum Gasteiger partial charge on any atom is 0.209 e. The van der Waals surface area contributed by atoms with Gasteiger partial charge in [-0.1, -0.05) is 34.6 Å². The van der Waals surface area contributed by atoms with Crippen molar-refractivity contribution in [3.05, 3.63) is 34.5 Å². The van der Waals surface area contributed by atoms with E-state index in [1.165, 1.54) is 28.0 Å². The van der Waals surface area contributed by atoms with E-state index in [4.69, 9.17) is 21.6 Å². The van der Waals surface area contributed by atoms with Crippen molar-refractivity contribution in [1.29, 1.82) is 5.41 Å². The number of unbranched alkanes of at least 4 members (excludes halogenated alkanes) is 1. The summed E-state index contributed by atoms with van der Waals surface area (Å²) in [6.07, 6.45) is 8.72. The minimum absolute atomic E-state index is 0.513. The number of nitrogens with one attached hydrogen (secondary N) is 2. The summed E-state index contributed by atoms with van der Waals surface area (Å²) in [5.41, 5.74) is 14.9. The van der Waals surface area contributed by atoms with Gasteiger partial charge in [0.05, 0.1) is 17.7 Å². The highest BCUT2D eigenvalue weighted by atomic mass is 32.1. The number of amides is 1. The maximum atomic E-state index is 9.43. The van der Waals surface area contributed by atoms with E-state index in [-0.39, 0.29) is 0 Å². The average Bonchev–Trinajstić information content (AvgIpc) is 3.33. The molecule has 0 saturated heterocycles. The summed E-state index contributed by atoms with van der Waals surface area (Å²) < 4.78 is 6.00. The van der Waals surface area contributed by atoms with Gasteiger partial charge in [0, 0.05) is 42.5 Å². The van der Waals surface area contributed by atoms with Gasteiger partial charge >= 0.3 is 0 Å². The van der Waals surface area contributed by atoms with E-state index in [1.807, 2.05) is 33.8 Å². The molecule has 1 aliphatic carbocycles. The van der Waals surface area contributed by atoms with Crippen LogP contribution in [0.5, 0.6) is 5.75 Å². The van der Waals surface area contributed by atoms with Crippen LogP contribution in [0.15, 0.2) is 18.5 Å². The highest BCUT2D eigenvalue weighted by Gasteiger charge is 2.23. The van der Waals surface area contributed by atoms with Crippen LogP contribution in [0.4, 0.5) is 17.2 Å². The van der Waals surface area contributed by atoms with Crippen LogP contribution in [-0.4, -0.2) is 54.7 Å². The number of ether oxygens (including phenoxy) is 1. The zero-order valence-electron chi connectivity index (χ0n) is 24.6. The van der Waals surface area contributed by atoms with Crippen LogP contribution < -0.4 is 21.5 Å². The van der Waals surface area contributed by atoms with Crippen molar-refractivity contribution in [2.45, 2.75) is 66.7 Å². The number of anilines is 3. The Morgan fingerprint density at radius 2 is 1.90 bits per heavy atom. The first-order valence-electron chi connectivity index (χ1n) is 13.8. The second kappa shape index (κ2) is 18.1. The monoisotopic (exact) mass is 557 g/mol. The van der Waals surface area contributed by atoms with Gasteiger partial charge in [0.25, 0.3) is 0 Å². The summed E-state index contributed by atoms with van der Waals surface area (Å²) in [6, 6.07) is 3.61. The summed E-state index contributed by atoms with van der Waals surface area (Å²) in [5, 5.41) is 12.2. The van der Waals surface area contributed by atoms with Gasteiger partial charge in [0.2, 0.25) is 6.41 Å². The molecule has 3 aromatic rings. The van der Waals surface area contributed by atoms with Crippen LogP contribution in [0.3, 0.4) is 0 Å². The Kier molecular flexibility index (Phi) is 15.7. The Hall–Kier alpha value is -3.24. The lowest BCUT2D eigenvalue weighted by Gasteiger charge is -2.19. The molecule has 216 valence electrons. The molecule has 0 spiro atoms. The number of rotatable bonds is 9. The van der Waals surface area contributed by atoms with Crippen molar-refractivity contribution in [2.24, 2.45) is 11.7 Å². The first kappa shape index (κ1) is 33.8. The van der Waals surface area contributed by atoms with Crippen LogP contribution in [0.25, 0.3) is 10.2 Å². The zero-order valence-corrected chi connectivity index (χ0v) is 25.5. The molecule has 1 amide bonds. The number of carbonyl (C=O) groups excluding carboxylic acids is 1. The predicted octanol–water partition coefficient (Wildman–Crippen LogP) is 6.01. The molecule has 39 heavy (non-hydrogen) atoms. The molecule has 1 unspecified atom stereocenters. The number of benzene rings is 1. The summed E-state index contributed by atoms with van der Waals surface area (Å²) >= 11 is 1.77. The minimum atomic E-state index is 0.513. The Labute approximate surface area is 237 Å². The normalized spacial score (nSPS) is 13.3. The maximum absolute atomic E-state index is 9.43. The molecule has 1 aliphatic rings. The van der Waals surface area contributed by atoms with Gasteiger partial charge in [0.1, 0.15) is 22.7 Å². The van der Waals surface area contributed by atoms with Gasteiger partial charge < -0.3 is 31.8 Å². The lowest BCUT2D eigenvalue weighted by atomic mass is 9.89. The van der Waals surface area contributed by atoms with E-state index in [0.717, 1.165) is 53.8 Å². The second-order valence-electron chi connectivity index (χ2n) is 8.91. The molecular weight excluding hydrogens is 510 g/mol. The number of carbonyl (C=O) groups is 1. The van der Waals surface area contributed by atoms with Crippen molar-refractivity contribution in [3.63, 3.8) is 0 Å². The molecule has 0 radical (unpaired) electrons. The summed E-state index contributed by atoms with van der Waals surface area (Å²) in [4.78, 5) is 22.4. The molecule has 2 heterocycles. The average molecular weight is 558 g/mol. The zero-order chi connectivity index (χ0) is 29.4.